The first-order chi connectivity index (χ1) is 27.6. The van der Waals surface area contributed by atoms with Gasteiger partial charge in [0.2, 0.25) is 0 Å². The normalized spacial score (nSPS) is 15.1. The van der Waals surface area contributed by atoms with Gasteiger partial charge in [0.15, 0.2) is 12.2 Å². The minimum atomic E-state index is -4.90. The average molecular weight is 877 g/mol. The number of rotatable bonds is 40. The van der Waals surface area contributed by atoms with Crippen molar-refractivity contribution in [2.75, 3.05) is 39.6 Å². The fourth-order valence-electron chi connectivity index (χ4n) is 5.35. The Morgan fingerprint density at radius 3 is 1.14 bits per heavy atom. The van der Waals surface area contributed by atoms with E-state index in [2.05, 4.69) is 13.8 Å². The number of phosphoric ester groups is 2. The van der Waals surface area contributed by atoms with Crippen molar-refractivity contribution in [2.45, 2.75) is 187 Å². The standard InChI is InChI=1S/C39H74O17P2/c1-5-8-11-14-16-17-18-20-23-26-39(44)56-36(30-50-37(42)24-21-13-10-7-3)32-54-58(47,48)52-28-34(41)27-51-57(45,46)53-31-35(29-49-33(4)40)55-38(43)25-22-19-15-12-9-6-2/h34-36,41H,5-32H2,1-4H3,(H,45,46)(H,47,48)/t34-,35-,36-/m1/s1. The molecule has 19 heteroatoms. The van der Waals surface area contributed by atoms with Gasteiger partial charge in [-0.25, -0.2) is 9.13 Å². The fraction of sp³-hybridized carbons (Fsp3) is 0.897. The summed E-state index contributed by atoms with van der Waals surface area (Å²) < 4.78 is 65.3. The highest BCUT2D eigenvalue weighted by Crippen LogP contribution is 2.45. The van der Waals surface area contributed by atoms with Crippen molar-refractivity contribution >= 4 is 39.5 Å². The Labute approximate surface area is 346 Å². The molecule has 0 aromatic rings. The molecule has 0 spiro atoms. The smallest absolute Gasteiger partial charge is 0.462 e. The van der Waals surface area contributed by atoms with Crippen LogP contribution in [0.1, 0.15) is 169 Å². The van der Waals surface area contributed by atoms with E-state index in [0.717, 1.165) is 84.0 Å². The van der Waals surface area contributed by atoms with Gasteiger partial charge in [-0.15, -0.1) is 0 Å². The average Bonchev–Trinajstić information content (AvgIpc) is 3.17. The molecule has 0 heterocycles. The number of unbranched alkanes of at least 4 members (excludes halogenated alkanes) is 16. The van der Waals surface area contributed by atoms with E-state index in [1.165, 1.54) is 25.7 Å². The lowest BCUT2D eigenvalue weighted by Gasteiger charge is -2.21. The van der Waals surface area contributed by atoms with Gasteiger partial charge in [-0.2, -0.15) is 0 Å². The summed E-state index contributed by atoms with van der Waals surface area (Å²) in [7, 11) is -9.78. The Hall–Kier alpha value is -1.94. The summed E-state index contributed by atoms with van der Waals surface area (Å²) in [4.78, 5) is 68.8. The zero-order valence-electron chi connectivity index (χ0n) is 35.5. The van der Waals surface area contributed by atoms with Crippen molar-refractivity contribution in [3.63, 3.8) is 0 Å². The maximum absolute atomic E-state index is 12.6. The van der Waals surface area contributed by atoms with Crippen LogP contribution >= 0.6 is 15.6 Å². The third-order valence-electron chi connectivity index (χ3n) is 8.66. The molecular weight excluding hydrogens is 802 g/mol. The Balaban J connectivity index is 4.94. The first kappa shape index (κ1) is 56.1. The Morgan fingerprint density at radius 1 is 0.448 bits per heavy atom. The molecule has 0 fully saturated rings. The van der Waals surface area contributed by atoms with Gasteiger partial charge in [-0.1, -0.05) is 124 Å². The van der Waals surface area contributed by atoms with Gasteiger partial charge in [-0.05, 0) is 19.3 Å². The quantitative estimate of drug-likeness (QED) is 0.0228. The minimum absolute atomic E-state index is 0.0957. The molecule has 0 bridgehead atoms. The molecule has 2 unspecified atom stereocenters. The van der Waals surface area contributed by atoms with E-state index in [1.807, 2.05) is 6.92 Å². The van der Waals surface area contributed by atoms with Gasteiger partial charge in [0.05, 0.1) is 26.4 Å². The monoisotopic (exact) mass is 876 g/mol. The highest BCUT2D eigenvalue weighted by atomic mass is 31.2. The predicted molar refractivity (Wildman–Crippen MR) is 215 cm³/mol. The highest BCUT2D eigenvalue weighted by Gasteiger charge is 2.30. The van der Waals surface area contributed by atoms with Crippen LogP contribution in [0.5, 0.6) is 0 Å². The van der Waals surface area contributed by atoms with Crippen molar-refractivity contribution in [1.82, 2.24) is 0 Å². The number of aliphatic hydroxyl groups excluding tert-OH is 1. The van der Waals surface area contributed by atoms with Gasteiger partial charge in [0.1, 0.15) is 19.3 Å². The first-order valence-electron chi connectivity index (χ1n) is 21.2. The summed E-state index contributed by atoms with van der Waals surface area (Å²) in [6.45, 7) is 3.43. The molecule has 0 aliphatic carbocycles. The van der Waals surface area contributed by atoms with Crippen LogP contribution in [0, 0.1) is 0 Å². The van der Waals surface area contributed by atoms with E-state index in [-0.39, 0.29) is 19.3 Å². The van der Waals surface area contributed by atoms with Gasteiger partial charge in [0, 0.05) is 26.2 Å². The molecule has 58 heavy (non-hydrogen) atoms. The van der Waals surface area contributed by atoms with Crippen LogP contribution in [0.2, 0.25) is 0 Å². The second-order valence-electron chi connectivity index (χ2n) is 14.4. The van der Waals surface area contributed by atoms with E-state index in [1.54, 1.807) is 0 Å². The molecule has 0 aliphatic heterocycles. The molecule has 17 nitrogen and oxygen atoms in total. The molecule has 0 radical (unpaired) electrons. The maximum atomic E-state index is 12.6. The van der Waals surface area contributed by atoms with E-state index < -0.39 is 97.5 Å². The van der Waals surface area contributed by atoms with Crippen LogP contribution in [0.3, 0.4) is 0 Å². The lowest BCUT2D eigenvalue weighted by Crippen LogP contribution is -2.30. The SMILES string of the molecule is CCCCCCCCCCCC(=O)O[C@H](COC(=O)CCCCCC)COP(=O)(O)OC[C@H](O)COP(=O)(O)OC[C@@H](COC(C)=O)OC(=O)CCCCCCCC. The van der Waals surface area contributed by atoms with Crippen LogP contribution in [-0.4, -0.2) is 96.7 Å². The molecule has 0 rings (SSSR count). The molecule has 5 atom stereocenters. The highest BCUT2D eigenvalue weighted by molar-refractivity contribution is 7.47. The van der Waals surface area contributed by atoms with Crippen LogP contribution in [-0.2, 0) is 65.4 Å². The lowest BCUT2D eigenvalue weighted by atomic mass is 10.1. The summed E-state index contributed by atoms with van der Waals surface area (Å²) >= 11 is 0. The third kappa shape index (κ3) is 36.0. The number of carbonyl (C=O) groups excluding carboxylic acids is 4. The summed E-state index contributed by atoms with van der Waals surface area (Å²) in [5, 5.41) is 10.2. The number of ether oxygens (including phenoxy) is 4. The van der Waals surface area contributed by atoms with Gasteiger partial charge in [-0.3, -0.25) is 37.3 Å². The predicted octanol–water partition coefficient (Wildman–Crippen LogP) is 8.19. The lowest BCUT2D eigenvalue weighted by molar-refractivity contribution is -0.161. The van der Waals surface area contributed by atoms with Gasteiger partial charge >= 0.3 is 39.5 Å². The molecule has 0 saturated heterocycles. The number of phosphoric acid groups is 2. The summed E-state index contributed by atoms with van der Waals surface area (Å²) in [5.74, 6) is -2.38. The van der Waals surface area contributed by atoms with Crippen molar-refractivity contribution < 1.29 is 80.2 Å². The second-order valence-corrected chi connectivity index (χ2v) is 17.3. The van der Waals surface area contributed by atoms with Crippen LogP contribution in [0.4, 0.5) is 0 Å². The molecular formula is C39H74O17P2. The number of esters is 4. The second kappa shape index (κ2) is 35.8. The van der Waals surface area contributed by atoms with E-state index in [4.69, 9.17) is 37.0 Å². The third-order valence-corrected chi connectivity index (χ3v) is 10.6. The fourth-order valence-corrected chi connectivity index (χ4v) is 6.93. The molecule has 3 N–H and O–H groups in total. The van der Waals surface area contributed by atoms with Gasteiger partial charge < -0.3 is 33.8 Å². The Morgan fingerprint density at radius 2 is 0.759 bits per heavy atom. The Bertz CT molecular complexity index is 1190. The summed E-state index contributed by atoms with van der Waals surface area (Å²) in [6.07, 6.45) is 14.8. The minimum Gasteiger partial charge on any atom is -0.462 e. The number of aliphatic hydroxyl groups is 1. The van der Waals surface area contributed by atoms with E-state index in [0.29, 0.717) is 19.3 Å². The molecule has 0 amide bonds. The van der Waals surface area contributed by atoms with Crippen molar-refractivity contribution in [2.24, 2.45) is 0 Å². The summed E-state index contributed by atoms with van der Waals surface area (Å²) in [5.41, 5.74) is 0. The zero-order valence-corrected chi connectivity index (χ0v) is 37.3. The number of carbonyl (C=O) groups is 4. The van der Waals surface area contributed by atoms with Crippen molar-refractivity contribution in [3.8, 4) is 0 Å². The van der Waals surface area contributed by atoms with Crippen LogP contribution in [0.25, 0.3) is 0 Å². The van der Waals surface area contributed by atoms with Crippen molar-refractivity contribution in [1.29, 1.82) is 0 Å². The van der Waals surface area contributed by atoms with Crippen molar-refractivity contribution in [3.05, 3.63) is 0 Å². The van der Waals surface area contributed by atoms with Crippen LogP contribution < -0.4 is 0 Å². The summed E-state index contributed by atoms with van der Waals surface area (Å²) in [6, 6.07) is 0. The molecule has 342 valence electrons. The first-order valence-corrected chi connectivity index (χ1v) is 24.2. The molecule has 0 aromatic heterocycles. The molecule has 0 saturated carbocycles. The largest absolute Gasteiger partial charge is 0.472 e. The van der Waals surface area contributed by atoms with Crippen LogP contribution in [0.15, 0.2) is 0 Å². The van der Waals surface area contributed by atoms with E-state index >= 15 is 0 Å². The number of hydrogen-bond donors (Lipinski definition) is 3. The Kier molecular flexibility index (Phi) is 34.6. The van der Waals surface area contributed by atoms with E-state index in [9.17, 15) is 43.2 Å². The number of hydrogen-bond acceptors (Lipinski definition) is 15. The zero-order chi connectivity index (χ0) is 43.5. The topological polar surface area (TPSA) is 237 Å². The van der Waals surface area contributed by atoms with Gasteiger partial charge in [0.25, 0.3) is 0 Å². The molecule has 0 aromatic carbocycles. The maximum Gasteiger partial charge on any atom is 0.472 e. The molecule has 0 aliphatic rings.